The molecule has 0 spiro atoms. The van der Waals surface area contributed by atoms with Crippen molar-refractivity contribution in [2.45, 2.75) is 4.90 Å². The second kappa shape index (κ2) is 8.10. The number of hydrogen-bond donors (Lipinski definition) is 0. The molecule has 0 saturated carbocycles. The second-order valence-electron chi connectivity index (χ2n) is 7.77. The van der Waals surface area contributed by atoms with Crippen LogP contribution in [0.4, 0.5) is 0 Å². The van der Waals surface area contributed by atoms with Gasteiger partial charge in [0.2, 0.25) is 15.5 Å². The van der Waals surface area contributed by atoms with Gasteiger partial charge in [0.05, 0.1) is 23.6 Å². The Kier molecular flexibility index (Phi) is 5.67. The molecule has 2 saturated heterocycles. The van der Waals surface area contributed by atoms with Gasteiger partial charge in [-0.2, -0.15) is 4.31 Å². The molecule has 0 unspecified atom stereocenters. The number of morpholine rings is 1. The number of sulfonamides is 1. The van der Waals surface area contributed by atoms with Crippen molar-refractivity contribution in [1.82, 2.24) is 18.7 Å². The van der Waals surface area contributed by atoms with Gasteiger partial charge in [0.25, 0.3) is 5.91 Å². The van der Waals surface area contributed by atoms with E-state index in [-0.39, 0.29) is 34.8 Å². The molecule has 30 heavy (non-hydrogen) atoms. The number of carbonyl (C=O) groups is 1. The number of benzene rings is 1. The van der Waals surface area contributed by atoms with Gasteiger partial charge in [-0.05, 0) is 25.2 Å². The molecule has 9 nitrogen and oxygen atoms in total. The van der Waals surface area contributed by atoms with E-state index in [0.717, 1.165) is 13.1 Å². The van der Waals surface area contributed by atoms with E-state index in [1.54, 1.807) is 28.8 Å². The molecule has 1 amide bonds. The zero-order valence-electron chi connectivity index (χ0n) is 17.2. The number of aromatic nitrogens is 1. The molecular formula is C20H26N4O5S. The molecule has 0 bridgehead atoms. The lowest BCUT2D eigenvalue weighted by Crippen LogP contribution is -2.48. The first-order valence-corrected chi connectivity index (χ1v) is 11.4. The molecule has 2 aliphatic heterocycles. The van der Waals surface area contributed by atoms with Gasteiger partial charge in [0.1, 0.15) is 5.56 Å². The van der Waals surface area contributed by atoms with E-state index < -0.39 is 15.5 Å². The summed E-state index contributed by atoms with van der Waals surface area (Å²) in [5.41, 5.74) is 0.206. The van der Waals surface area contributed by atoms with Gasteiger partial charge in [-0.15, -0.1) is 0 Å². The van der Waals surface area contributed by atoms with E-state index in [1.807, 2.05) is 7.05 Å². The standard InChI is InChI=1S/C20H26N4O5S/c1-21-5-7-23(8-6-21)20(26)17-14-22(2)18-4-3-15(13-16(18)19(17)25)30(27,28)24-9-11-29-12-10-24/h3-4,13-14H,5-12H2,1-2H3. The van der Waals surface area contributed by atoms with Crippen molar-refractivity contribution in [3.63, 3.8) is 0 Å². The van der Waals surface area contributed by atoms with Gasteiger partial charge in [-0.3, -0.25) is 9.59 Å². The predicted molar refractivity (Wildman–Crippen MR) is 112 cm³/mol. The predicted octanol–water partition coefficient (Wildman–Crippen LogP) is -0.0530. The molecule has 0 radical (unpaired) electrons. The lowest BCUT2D eigenvalue weighted by Gasteiger charge is -2.32. The third kappa shape index (κ3) is 3.76. The average molecular weight is 435 g/mol. The highest BCUT2D eigenvalue weighted by molar-refractivity contribution is 7.89. The lowest BCUT2D eigenvalue weighted by atomic mass is 10.1. The number of aryl methyl sites for hydroxylation is 1. The van der Waals surface area contributed by atoms with E-state index in [9.17, 15) is 18.0 Å². The Morgan fingerprint density at radius 1 is 1.00 bits per heavy atom. The molecule has 0 aliphatic carbocycles. The van der Waals surface area contributed by atoms with E-state index >= 15 is 0 Å². The molecule has 3 heterocycles. The van der Waals surface area contributed by atoms with Crippen LogP contribution in [0.2, 0.25) is 0 Å². The van der Waals surface area contributed by atoms with Crippen LogP contribution in [-0.4, -0.2) is 92.5 Å². The number of fused-ring (bicyclic) bond motifs is 1. The molecule has 162 valence electrons. The Morgan fingerprint density at radius 3 is 2.33 bits per heavy atom. The van der Waals surface area contributed by atoms with Gasteiger partial charge in [0, 0.05) is 57.9 Å². The van der Waals surface area contributed by atoms with Crippen molar-refractivity contribution in [1.29, 1.82) is 0 Å². The topological polar surface area (TPSA) is 92.2 Å². The summed E-state index contributed by atoms with van der Waals surface area (Å²) in [6.07, 6.45) is 1.54. The van der Waals surface area contributed by atoms with Crippen LogP contribution in [0.5, 0.6) is 0 Å². The number of amides is 1. The van der Waals surface area contributed by atoms with Crippen LogP contribution >= 0.6 is 0 Å². The van der Waals surface area contributed by atoms with Crippen LogP contribution in [0, 0.1) is 0 Å². The van der Waals surface area contributed by atoms with Gasteiger partial charge < -0.3 is 19.1 Å². The van der Waals surface area contributed by atoms with Crippen LogP contribution < -0.4 is 5.43 Å². The Morgan fingerprint density at radius 2 is 1.67 bits per heavy atom. The molecule has 2 aliphatic rings. The molecule has 0 atom stereocenters. The van der Waals surface area contributed by atoms with Crippen LogP contribution in [0.3, 0.4) is 0 Å². The summed E-state index contributed by atoms with van der Waals surface area (Å²) in [5, 5.41) is 0.229. The number of nitrogens with zero attached hydrogens (tertiary/aromatic N) is 4. The van der Waals surface area contributed by atoms with E-state index in [2.05, 4.69) is 4.90 Å². The minimum absolute atomic E-state index is 0.0539. The normalized spacial score (nSPS) is 19.3. The van der Waals surface area contributed by atoms with Crippen LogP contribution in [0.1, 0.15) is 10.4 Å². The fourth-order valence-corrected chi connectivity index (χ4v) is 5.33. The molecule has 1 aromatic carbocycles. The van der Waals surface area contributed by atoms with Crippen molar-refractivity contribution in [3.05, 3.63) is 40.2 Å². The summed E-state index contributed by atoms with van der Waals surface area (Å²) in [7, 11) is 0.00355. The largest absolute Gasteiger partial charge is 0.379 e. The molecule has 10 heteroatoms. The Labute approximate surface area is 175 Å². The van der Waals surface area contributed by atoms with Crippen molar-refractivity contribution in [2.24, 2.45) is 7.05 Å². The first-order chi connectivity index (χ1) is 14.3. The van der Waals surface area contributed by atoms with Crippen molar-refractivity contribution >= 4 is 26.8 Å². The van der Waals surface area contributed by atoms with Gasteiger partial charge >= 0.3 is 0 Å². The zero-order chi connectivity index (χ0) is 21.5. The van der Waals surface area contributed by atoms with Crippen LogP contribution in [0.15, 0.2) is 34.1 Å². The highest BCUT2D eigenvalue weighted by Crippen LogP contribution is 2.22. The number of likely N-dealkylation sites (N-methyl/N-ethyl adjacent to an activating group) is 1. The first kappa shape index (κ1) is 21.0. The average Bonchev–Trinajstić information content (AvgIpc) is 2.76. The van der Waals surface area contributed by atoms with E-state index in [1.165, 1.54) is 16.4 Å². The van der Waals surface area contributed by atoms with Crippen molar-refractivity contribution in [3.8, 4) is 0 Å². The lowest BCUT2D eigenvalue weighted by molar-refractivity contribution is 0.0662. The Bertz CT molecular complexity index is 1130. The quantitative estimate of drug-likeness (QED) is 0.673. The Balaban J connectivity index is 1.75. The highest BCUT2D eigenvalue weighted by atomic mass is 32.2. The summed E-state index contributed by atoms with van der Waals surface area (Å²) in [6.45, 7) is 3.87. The van der Waals surface area contributed by atoms with E-state index in [4.69, 9.17) is 4.74 Å². The molecule has 2 fully saturated rings. The highest BCUT2D eigenvalue weighted by Gasteiger charge is 2.28. The maximum absolute atomic E-state index is 13.2. The number of rotatable bonds is 3. The molecule has 4 rings (SSSR count). The minimum atomic E-state index is -3.74. The summed E-state index contributed by atoms with van der Waals surface area (Å²) in [4.78, 5) is 30.1. The summed E-state index contributed by atoms with van der Waals surface area (Å²) in [6, 6.07) is 4.52. The Hall–Kier alpha value is -2.27. The summed E-state index contributed by atoms with van der Waals surface area (Å²) < 4.78 is 34.3. The fourth-order valence-electron chi connectivity index (χ4n) is 3.90. The molecule has 1 aromatic heterocycles. The molecular weight excluding hydrogens is 408 g/mol. The fraction of sp³-hybridized carbons (Fsp3) is 0.500. The summed E-state index contributed by atoms with van der Waals surface area (Å²) >= 11 is 0. The number of pyridine rings is 1. The van der Waals surface area contributed by atoms with Crippen LogP contribution in [0.25, 0.3) is 10.9 Å². The maximum atomic E-state index is 13.2. The number of hydrogen-bond acceptors (Lipinski definition) is 6. The number of carbonyl (C=O) groups excluding carboxylic acids is 1. The minimum Gasteiger partial charge on any atom is -0.379 e. The maximum Gasteiger partial charge on any atom is 0.259 e. The number of piperazine rings is 1. The SMILES string of the molecule is CN1CCN(C(=O)c2cn(C)c3ccc(S(=O)(=O)N4CCOCC4)cc3c2=O)CC1. The monoisotopic (exact) mass is 434 g/mol. The third-order valence-electron chi connectivity index (χ3n) is 5.79. The van der Waals surface area contributed by atoms with Gasteiger partial charge in [-0.1, -0.05) is 0 Å². The van der Waals surface area contributed by atoms with E-state index in [0.29, 0.717) is 31.8 Å². The number of ether oxygens (including phenoxy) is 1. The second-order valence-corrected chi connectivity index (χ2v) is 9.71. The van der Waals surface area contributed by atoms with Crippen LogP contribution in [-0.2, 0) is 21.8 Å². The summed E-state index contributed by atoms with van der Waals surface area (Å²) in [5.74, 6) is -0.313. The van der Waals surface area contributed by atoms with Gasteiger partial charge in [0.15, 0.2) is 0 Å². The first-order valence-electron chi connectivity index (χ1n) is 9.98. The molecule has 0 N–H and O–H groups in total. The smallest absolute Gasteiger partial charge is 0.259 e. The van der Waals surface area contributed by atoms with Gasteiger partial charge in [-0.25, -0.2) is 8.42 Å². The molecule has 2 aromatic rings. The van der Waals surface area contributed by atoms with Crippen molar-refractivity contribution in [2.75, 3.05) is 59.5 Å². The zero-order valence-corrected chi connectivity index (χ0v) is 18.0. The van der Waals surface area contributed by atoms with Crippen molar-refractivity contribution < 1.29 is 17.9 Å². The third-order valence-corrected chi connectivity index (χ3v) is 7.68.